The van der Waals surface area contributed by atoms with Crippen LogP contribution in [0.1, 0.15) is 29.5 Å². The lowest BCUT2D eigenvalue weighted by atomic mass is 9.88. The van der Waals surface area contributed by atoms with Gasteiger partial charge in [-0.3, -0.25) is 0 Å². The highest BCUT2D eigenvalue weighted by molar-refractivity contribution is 5.88. The zero-order valence-electron chi connectivity index (χ0n) is 20.1. The molecule has 0 saturated carbocycles. The van der Waals surface area contributed by atoms with Crippen molar-refractivity contribution in [2.45, 2.75) is 25.4 Å². The van der Waals surface area contributed by atoms with Crippen LogP contribution in [-0.2, 0) is 16.0 Å². The third-order valence-corrected chi connectivity index (χ3v) is 6.23. The van der Waals surface area contributed by atoms with Crippen LogP contribution in [0.5, 0.6) is 17.2 Å². The molecule has 1 aliphatic heterocycles. The quantitative estimate of drug-likeness (QED) is 0.259. The predicted molar refractivity (Wildman–Crippen MR) is 134 cm³/mol. The van der Waals surface area contributed by atoms with Gasteiger partial charge in [0.25, 0.3) is 0 Å². The molecule has 3 aromatic carbocycles. The number of carbonyl (C=O) groups is 1. The van der Waals surface area contributed by atoms with Gasteiger partial charge in [-0.15, -0.1) is 0 Å². The minimum atomic E-state index is -0.990. The highest BCUT2D eigenvalue weighted by Crippen LogP contribution is 2.44. The fourth-order valence-corrected chi connectivity index (χ4v) is 4.48. The predicted octanol–water partition coefficient (Wildman–Crippen LogP) is 4.88. The zero-order valence-corrected chi connectivity index (χ0v) is 20.1. The number of ether oxygens (including phenoxy) is 4. The van der Waals surface area contributed by atoms with E-state index in [2.05, 4.69) is 0 Å². The van der Waals surface area contributed by atoms with Crippen LogP contribution < -0.4 is 19.8 Å². The Bertz CT molecular complexity index is 1420. The van der Waals surface area contributed by atoms with Crippen LogP contribution in [-0.4, -0.2) is 32.4 Å². The number of benzene rings is 3. The molecule has 2 heterocycles. The summed E-state index contributed by atoms with van der Waals surface area (Å²) in [6.07, 6.45) is -0.246. The molecule has 2 atom stereocenters. The van der Waals surface area contributed by atoms with Gasteiger partial charge in [0.05, 0.1) is 37.2 Å². The Kier molecular flexibility index (Phi) is 6.62. The molecule has 0 amide bonds. The third-order valence-electron chi connectivity index (χ3n) is 6.23. The van der Waals surface area contributed by atoms with Crippen LogP contribution in [0.15, 0.2) is 82.0 Å². The first-order valence-electron chi connectivity index (χ1n) is 11.8. The molecule has 36 heavy (non-hydrogen) atoms. The first kappa shape index (κ1) is 23.5. The minimum absolute atomic E-state index is 0.206. The summed E-state index contributed by atoms with van der Waals surface area (Å²) in [6, 6.07) is 22.3. The Hall–Kier alpha value is -4.26. The number of rotatable bonds is 8. The Balaban J connectivity index is 1.39. The molecule has 0 saturated heterocycles. The number of hydrogen-bond acceptors (Lipinski definition) is 7. The maximum atomic E-state index is 13.0. The van der Waals surface area contributed by atoms with Crippen molar-refractivity contribution in [3.8, 4) is 17.2 Å². The average molecular weight is 487 g/mol. The number of esters is 1. The summed E-state index contributed by atoms with van der Waals surface area (Å²) < 4.78 is 28.0. The van der Waals surface area contributed by atoms with Gasteiger partial charge in [0, 0.05) is 6.42 Å². The van der Waals surface area contributed by atoms with Gasteiger partial charge >= 0.3 is 11.6 Å². The van der Waals surface area contributed by atoms with Gasteiger partial charge in [0.2, 0.25) is 6.10 Å². The number of fused-ring (bicyclic) bond motifs is 3. The monoisotopic (exact) mass is 486 g/mol. The minimum Gasteiger partial charge on any atom is -0.497 e. The second kappa shape index (κ2) is 10.2. The van der Waals surface area contributed by atoms with Gasteiger partial charge in [-0.05, 0) is 54.4 Å². The molecule has 4 aromatic rings. The summed E-state index contributed by atoms with van der Waals surface area (Å²) >= 11 is 0. The molecule has 7 heteroatoms. The molecule has 184 valence electrons. The van der Waals surface area contributed by atoms with Crippen molar-refractivity contribution in [1.29, 1.82) is 0 Å². The van der Waals surface area contributed by atoms with E-state index in [-0.39, 0.29) is 6.61 Å². The van der Waals surface area contributed by atoms with Crippen molar-refractivity contribution < 1.29 is 28.2 Å². The van der Waals surface area contributed by atoms with Crippen LogP contribution in [0, 0.1) is 0 Å². The number of para-hydroxylation sites is 1. The second-order valence-corrected chi connectivity index (χ2v) is 8.41. The van der Waals surface area contributed by atoms with Gasteiger partial charge in [-0.1, -0.05) is 36.4 Å². The molecule has 0 spiro atoms. The van der Waals surface area contributed by atoms with E-state index in [0.29, 0.717) is 34.6 Å². The number of carbonyl (C=O) groups excluding carboxylic acids is 1. The fourth-order valence-electron chi connectivity index (χ4n) is 4.48. The van der Waals surface area contributed by atoms with Gasteiger partial charge in [-0.2, -0.15) is 0 Å². The normalized spacial score (nSPS) is 16.3. The van der Waals surface area contributed by atoms with E-state index in [4.69, 9.17) is 23.4 Å². The Morgan fingerprint density at radius 2 is 1.67 bits per heavy atom. The van der Waals surface area contributed by atoms with E-state index in [1.807, 2.05) is 60.7 Å². The summed E-state index contributed by atoms with van der Waals surface area (Å²) in [6.45, 7) is 2.44. The maximum absolute atomic E-state index is 13.0. The van der Waals surface area contributed by atoms with E-state index in [0.717, 1.165) is 23.3 Å². The standard InChI is InChI=1S/C29H26O7/c1-3-33-29(31)27-24(25-26(36-27)22-6-4-5-7-23(22)35-28(25)30)19-10-14-21(15-11-19)34-17-16-18-8-12-20(32-2)13-9-18/h4-15,24,27H,3,16-17H2,1-2H3/t24-,27-/m1/s1. The molecule has 7 nitrogen and oxygen atoms in total. The van der Waals surface area contributed by atoms with Crippen LogP contribution in [0.3, 0.4) is 0 Å². The van der Waals surface area contributed by atoms with Gasteiger partial charge in [0.15, 0.2) is 0 Å². The first-order valence-corrected chi connectivity index (χ1v) is 11.8. The highest BCUT2D eigenvalue weighted by Gasteiger charge is 2.45. The summed E-state index contributed by atoms with van der Waals surface area (Å²) in [4.78, 5) is 25.8. The maximum Gasteiger partial charge on any atom is 0.348 e. The number of methoxy groups -OCH3 is 1. The summed E-state index contributed by atoms with van der Waals surface area (Å²) in [5.74, 6) is 0.681. The van der Waals surface area contributed by atoms with Crippen molar-refractivity contribution in [2.24, 2.45) is 0 Å². The lowest BCUT2D eigenvalue weighted by Crippen LogP contribution is -2.32. The van der Waals surface area contributed by atoms with E-state index >= 15 is 0 Å². The topological polar surface area (TPSA) is 84.2 Å². The SMILES string of the molecule is CCOC(=O)[C@@H]1Oc2c(c(=O)oc3ccccc23)[C@H]1c1ccc(OCCc2ccc(OC)cc2)cc1. The summed E-state index contributed by atoms with van der Waals surface area (Å²) in [5, 5.41) is 0.641. The molecule has 0 aliphatic carbocycles. The zero-order chi connectivity index (χ0) is 25.1. The molecule has 0 N–H and O–H groups in total. The Labute approximate surface area is 208 Å². The van der Waals surface area contributed by atoms with Crippen molar-refractivity contribution in [2.75, 3.05) is 20.3 Å². The number of hydrogen-bond donors (Lipinski definition) is 0. The van der Waals surface area contributed by atoms with E-state index in [9.17, 15) is 9.59 Å². The van der Waals surface area contributed by atoms with E-state index in [1.54, 1.807) is 26.2 Å². The second-order valence-electron chi connectivity index (χ2n) is 8.41. The van der Waals surface area contributed by atoms with Crippen molar-refractivity contribution in [3.05, 3.63) is 99.9 Å². The molecular formula is C29H26O7. The lowest BCUT2D eigenvalue weighted by molar-refractivity contribution is -0.151. The van der Waals surface area contributed by atoms with Crippen molar-refractivity contribution in [3.63, 3.8) is 0 Å². The molecule has 0 bridgehead atoms. The first-order chi connectivity index (χ1) is 17.6. The lowest BCUT2D eigenvalue weighted by Gasteiger charge is -2.18. The summed E-state index contributed by atoms with van der Waals surface area (Å²) in [7, 11) is 1.64. The van der Waals surface area contributed by atoms with Crippen LogP contribution in [0.2, 0.25) is 0 Å². The van der Waals surface area contributed by atoms with E-state index < -0.39 is 23.6 Å². The molecule has 0 fully saturated rings. The molecule has 0 radical (unpaired) electrons. The molecule has 0 unspecified atom stereocenters. The largest absolute Gasteiger partial charge is 0.497 e. The van der Waals surface area contributed by atoms with Crippen molar-refractivity contribution in [1.82, 2.24) is 0 Å². The highest BCUT2D eigenvalue weighted by atomic mass is 16.6. The third kappa shape index (κ3) is 4.52. The van der Waals surface area contributed by atoms with Gasteiger partial charge in [-0.25, -0.2) is 9.59 Å². The fraction of sp³-hybridized carbons (Fsp3) is 0.241. The van der Waals surface area contributed by atoms with Gasteiger partial charge < -0.3 is 23.4 Å². The molecule has 1 aliphatic rings. The van der Waals surface area contributed by atoms with Crippen LogP contribution in [0.25, 0.3) is 11.0 Å². The molecular weight excluding hydrogens is 460 g/mol. The Morgan fingerprint density at radius 3 is 2.39 bits per heavy atom. The van der Waals surface area contributed by atoms with Crippen molar-refractivity contribution >= 4 is 16.9 Å². The van der Waals surface area contributed by atoms with Crippen LogP contribution >= 0.6 is 0 Å². The van der Waals surface area contributed by atoms with E-state index in [1.165, 1.54) is 0 Å². The average Bonchev–Trinajstić information content (AvgIpc) is 3.32. The molecule has 1 aromatic heterocycles. The van der Waals surface area contributed by atoms with Crippen LogP contribution in [0.4, 0.5) is 0 Å². The smallest absolute Gasteiger partial charge is 0.348 e. The Morgan fingerprint density at radius 1 is 0.944 bits per heavy atom. The summed E-state index contributed by atoms with van der Waals surface area (Å²) in [5.41, 5.74) is 2.07. The molecule has 5 rings (SSSR count). The van der Waals surface area contributed by atoms with Gasteiger partial charge in [0.1, 0.15) is 22.8 Å².